The van der Waals surface area contributed by atoms with E-state index in [0.29, 0.717) is 17.1 Å². The molecule has 178 valence electrons. The molecule has 0 aliphatic carbocycles. The Morgan fingerprint density at radius 1 is 0.889 bits per heavy atom. The lowest BCUT2D eigenvalue weighted by Crippen LogP contribution is -2.31. The van der Waals surface area contributed by atoms with E-state index < -0.39 is 23.5 Å². The summed E-state index contributed by atoms with van der Waals surface area (Å²) < 4.78 is 13.6. The molecule has 0 saturated heterocycles. The lowest BCUT2D eigenvalue weighted by molar-refractivity contribution is 0.0924. The largest absolute Gasteiger partial charge is 0.302 e. The Labute approximate surface area is 207 Å². The third kappa shape index (κ3) is 4.15. The number of imide groups is 1. The van der Waals surface area contributed by atoms with Crippen molar-refractivity contribution in [3.63, 3.8) is 0 Å². The number of halogens is 1. The number of pyridine rings is 1. The molecule has 0 N–H and O–H groups in total. The smallest absolute Gasteiger partial charge is 0.266 e. The molecule has 3 aromatic carbocycles. The van der Waals surface area contributed by atoms with Gasteiger partial charge in [0.1, 0.15) is 5.82 Å². The molecule has 7 heteroatoms. The molecule has 0 radical (unpaired) electrons. The van der Waals surface area contributed by atoms with Crippen LogP contribution >= 0.6 is 0 Å². The van der Waals surface area contributed by atoms with Gasteiger partial charge in [-0.25, -0.2) is 9.29 Å². The van der Waals surface area contributed by atoms with Gasteiger partial charge in [-0.05, 0) is 85.6 Å². The maximum Gasteiger partial charge on any atom is 0.266 e. The van der Waals surface area contributed by atoms with Gasteiger partial charge in [0.2, 0.25) is 0 Å². The van der Waals surface area contributed by atoms with Crippen LogP contribution in [0.4, 0.5) is 15.8 Å². The van der Waals surface area contributed by atoms with Crippen LogP contribution in [0.25, 0.3) is 0 Å². The SMILES string of the molecule is Cc1ccc(C)c(N2C(=O)c3ccc(C(=O)N(Cc4ccccn4)c4ccc(F)cc4)cc3C2=O)c1. The molecule has 0 saturated carbocycles. The molecule has 0 unspecified atom stereocenters. The molecule has 2 heterocycles. The van der Waals surface area contributed by atoms with E-state index in [1.807, 2.05) is 32.0 Å². The fourth-order valence-electron chi connectivity index (χ4n) is 4.26. The van der Waals surface area contributed by atoms with Gasteiger partial charge >= 0.3 is 0 Å². The molecule has 6 nitrogen and oxygen atoms in total. The molecule has 0 bridgehead atoms. The average molecular weight is 480 g/mol. The molecule has 0 spiro atoms. The highest BCUT2D eigenvalue weighted by Crippen LogP contribution is 2.32. The van der Waals surface area contributed by atoms with Crippen molar-refractivity contribution >= 4 is 29.1 Å². The number of carbonyl (C=O) groups is 3. The number of aromatic nitrogens is 1. The van der Waals surface area contributed by atoms with Gasteiger partial charge < -0.3 is 4.90 Å². The molecule has 5 rings (SSSR count). The Bertz CT molecular complexity index is 1500. The summed E-state index contributed by atoms with van der Waals surface area (Å²) in [6, 6.07) is 21.0. The maximum atomic E-state index is 13.7. The van der Waals surface area contributed by atoms with Crippen LogP contribution in [-0.4, -0.2) is 22.7 Å². The van der Waals surface area contributed by atoms with E-state index in [1.54, 1.807) is 24.4 Å². The number of aryl methyl sites for hydroxylation is 2. The van der Waals surface area contributed by atoms with Crippen molar-refractivity contribution in [1.82, 2.24) is 4.98 Å². The monoisotopic (exact) mass is 479 g/mol. The molecule has 0 atom stereocenters. The fraction of sp³-hybridized carbons (Fsp3) is 0.103. The topological polar surface area (TPSA) is 70.6 Å². The molecular formula is C29H22FN3O3. The molecule has 3 amide bonds. The van der Waals surface area contributed by atoms with E-state index >= 15 is 0 Å². The summed E-state index contributed by atoms with van der Waals surface area (Å²) in [5.41, 5.74) is 4.02. The summed E-state index contributed by atoms with van der Waals surface area (Å²) in [5, 5.41) is 0. The van der Waals surface area contributed by atoms with Crippen LogP contribution in [-0.2, 0) is 6.54 Å². The number of amides is 3. The van der Waals surface area contributed by atoms with E-state index in [1.165, 1.54) is 47.4 Å². The van der Waals surface area contributed by atoms with E-state index in [-0.39, 0.29) is 23.2 Å². The Hall–Kier alpha value is -4.65. The third-order valence-electron chi connectivity index (χ3n) is 6.17. The van der Waals surface area contributed by atoms with Gasteiger partial charge in [-0.3, -0.25) is 19.4 Å². The van der Waals surface area contributed by atoms with Gasteiger partial charge in [0.25, 0.3) is 17.7 Å². The van der Waals surface area contributed by atoms with E-state index in [2.05, 4.69) is 4.98 Å². The summed E-state index contributed by atoms with van der Waals surface area (Å²) >= 11 is 0. The summed E-state index contributed by atoms with van der Waals surface area (Å²) in [4.78, 5) is 47.1. The van der Waals surface area contributed by atoms with Crippen molar-refractivity contribution in [2.75, 3.05) is 9.80 Å². The Morgan fingerprint density at radius 2 is 1.64 bits per heavy atom. The first kappa shape index (κ1) is 23.1. The average Bonchev–Trinajstić information content (AvgIpc) is 3.14. The Balaban J connectivity index is 1.52. The third-order valence-corrected chi connectivity index (χ3v) is 6.17. The molecule has 1 aliphatic heterocycles. The minimum absolute atomic E-state index is 0.143. The van der Waals surface area contributed by atoms with Crippen LogP contribution in [0.3, 0.4) is 0 Å². The highest BCUT2D eigenvalue weighted by atomic mass is 19.1. The van der Waals surface area contributed by atoms with Crippen molar-refractivity contribution in [3.05, 3.63) is 124 Å². The van der Waals surface area contributed by atoms with Crippen LogP contribution < -0.4 is 9.80 Å². The Morgan fingerprint density at radius 3 is 2.36 bits per heavy atom. The van der Waals surface area contributed by atoms with Crippen LogP contribution in [0, 0.1) is 19.7 Å². The van der Waals surface area contributed by atoms with Gasteiger partial charge in [-0.15, -0.1) is 0 Å². The Kier molecular flexibility index (Phi) is 5.90. The molecule has 4 aromatic rings. The number of benzene rings is 3. The van der Waals surface area contributed by atoms with Crippen molar-refractivity contribution in [2.24, 2.45) is 0 Å². The van der Waals surface area contributed by atoms with Crippen LogP contribution in [0.15, 0.2) is 85.1 Å². The number of hydrogen-bond donors (Lipinski definition) is 0. The zero-order valence-electron chi connectivity index (χ0n) is 19.7. The summed E-state index contributed by atoms with van der Waals surface area (Å²) in [7, 11) is 0. The molecular weight excluding hydrogens is 457 g/mol. The highest BCUT2D eigenvalue weighted by molar-refractivity contribution is 6.35. The standard InChI is InChI=1S/C29H22FN3O3/c1-18-6-7-19(2)26(15-18)33-28(35)24-13-8-20(16-25(24)29(33)36)27(34)32(17-22-5-3-4-14-31-22)23-11-9-21(30)10-12-23/h3-16H,17H2,1-2H3. The summed E-state index contributed by atoms with van der Waals surface area (Å²) in [5.74, 6) is -1.72. The zero-order chi connectivity index (χ0) is 25.4. The predicted molar refractivity (Wildman–Crippen MR) is 135 cm³/mol. The number of fused-ring (bicyclic) bond motifs is 1. The minimum Gasteiger partial charge on any atom is -0.302 e. The first-order valence-electron chi connectivity index (χ1n) is 11.4. The van der Waals surface area contributed by atoms with E-state index in [0.717, 1.165) is 16.0 Å². The van der Waals surface area contributed by atoms with Gasteiger partial charge in [0, 0.05) is 17.4 Å². The number of nitrogens with zero attached hydrogens (tertiary/aromatic N) is 3. The zero-order valence-corrected chi connectivity index (χ0v) is 19.7. The van der Waals surface area contributed by atoms with E-state index in [9.17, 15) is 18.8 Å². The van der Waals surface area contributed by atoms with E-state index in [4.69, 9.17) is 0 Å². The molecule has 0 fully saturated rings. The second-order valence-corrected chi connectivity index (χ2v) is 8.68. The van der Waals surface area contributed by atoms with Crippen LogP contribution in [0.1, 0.15) is 47.9 Å². The van der Waals surface area contributed by atoms with Gasteiger partial charge in [0.15, 0.2) is 0 Å². The first-order valence-corrected chi connectivity index (χ1v) is 11.4. The molecule has 1 aromatic heterocycles. The van der Waals surface area contributed by atoms with Crippen molar-refractivity contribution in [1.29, 1.82) is 0 Å². The van der Waals surface area contributed by atoms with Crippen molar-refractivity contribution in [2.45, 2.75) is 20.4 Å². The lowest BCUT2D eigenvalue weighted by atomic mass is 10.0. The highest BCUT2D eigenvalue weighted by Gasteiger charge is 2.38. The fourth-order valence-corrected chi connectivity index (χ4v) is 4.26. The summed E-state index contributed by atoms with van der Waals surface area (Å²) in [6.45, 7) is 3.87. The number of anilines is 2. The number of carbonyl (C=O) groups excluding carboxylic acids is 3. The normalized spacial score (nSPS) is 12.6. The maximum absolute atomic E-state index is 13.7. The second kappa shape index (κ2) is 9.19. The number of rotatable bonds is 5. The van der Waals surface area contributed by atoms with Crippen LogP contribution in [0.2, 0.25) is 0 Å². The van der Waals surface area contributed by atoms with Crippen molar-refractivity contribution in [3.8, 4) is 0 Å². The van der Waals surface area contributed by atoms with Crippen LogP contribution in [0.5, 0.6) is 0 Å². The predicted octanol–water partition coefficient (Wildman–Crippen LogP) is 5.49. The number of hydrogen-bond acceptors (Lipinski definition) is 4. The van der Waals surface area contributed by atoms with Gasteiger partial charge in [-0.2, -0.15) is 0 Å². The van der Waals surface area contributed by atoms with Crippen molar-refractivity contribution < 1.29 is 18.8 Å². The lowest BCUT2D eigenvalue weighted by Gasteiger charge is -2.23. The van der Waals surface area contributed by atoms with Gasteiger partial charge in [-0.1, -0.05) is 18.2 Å². The first-order chi connectivity index (χ1) is 17.3. The van der Waals surface area contributed by atoms with Gasteiger partial charge in [0.05, 0.1) is 29.1 Å². The minimum atomic E-state index is -0.476. The quantitative estimate of drug-likeness (QED) is 0.355. The second-order valence-electron chi connectivity index (χ2n) is 8.68. The summed E-state index contributed by atoms with van der Waals surface area (Å²) in [6.07, 6.45) is 1.63. The molecule has 36 heavy (non-hydrogen) atoms. The molecule has 1 aliphatic rings.